The molecule has 0 aliphatic carbocycles. The maximum Gasteiger partial charge on any atom is 0.187 e. The van der Waals surface area contributed by atoms with Crippen LogP contribution in [-0.4, -0.2) is 55.2 Å². The van der Waals surface area contributed by atoms with Gasteiger partial charge in [0.1, 0.15) is 5.75 Å². The second-order valence-electron chi connectivity index (χ2n) is 6.64. The van der Waals surface area contributed by atoms with Crippen LogP contribution in [0.1, 0.15) is 44.7 Å². The quantitative estimate of drug-likeness (QED) is 0.383. The highest BCUT2D eigenvalue weighted by atomic mass is 32.1. The summed E-state index contributed by atoms with van der Waals surface area (Å²) in [5, 5.41) is 8.10. The third kappa shape index (κ3) is 6.75. The van der Waals surface area contributed by atoms with E-state index in [2.05, 4.69) is 40.7 Å². The maximum atomic E-state index is 5.58. The molecule has 2 N–H and O–H groups in total. The molecule has 1 aliphatic rings. The highest BCUT2D eigenvalue weighted by molar-refractivity contribution is 7.80. The largest absolute Gasteiger partial charge is 0.496 e. The summed E-state index contributed by atoms with van der Waals surface area (Å²) < 4.78 is 11.1. The van der Waals surface area contributed by atoms with Gasteiger partial charge in [-0.15, -0.1) is 0 Å². The SMILES string of the molecule is CCN(CC)Cc1cc(/C(C)=N\NC(=S)NC[C@H]2CCCO2)ccc1OC. The minimum Gasteiger partial charge on any atom is -0.496 e. The summed E-state index contributed by atoms with van der Waals surface area (Å²) in [5.74, 6) is 0.903. The Labute approximate surface area is 168 Å². The van der Waals surface area contributed by atoms with E-state index in [4.69, 9.17) is 21.7 Å². The summed E-state index contributed by atoms with van der Waals surface area (Å²) in [6.45, 7) is 10.7. The van der Waals surface area contributed by atoms with Gasteiger partial charge in [0.2, 0.25) is 0 Å². The Balaban J connectivity index is 1.98. The van der Waals surface area contributed by atoms with Crippen LogP contribution in [0.5, 0.6) is 5.75 Å². The zero-order valence-electron chi connectivity index (χ0n) is 16.9. The Morgan fingerprint density at radius 1 is 1.37 bits per heavy atom. The number of hydrogen-bond donors (Lipinski definition) is 2. The van der Waals surface area contributed by atoms with Crippen molar-refractivity contribution in [3.05, 3.63) is 29.3 Å². The van der Waals surface area contributed by atoms with E-state index in [1.54, 1.807) is 7.11 Å². The molecule has 150 valence electrons. The van der Waals surface area contributed by atoms with Gasteiger partial charge >= 0.3 is 0 Å². The van der Waals surface area contributed by atoms with Crippen LogP contribution < -0.4 is 15.5 Å². The van der Waals surface area contributed by atoms with Crippen molar-refractivity contribution in [2.45, 2.75) is 46.3 Å². The number of ether oxygens (including phenoxy) is 2. The van der Waals surface area contributed by atoms with Gasteiger partial charge in [-0.3, -0.25) is 10.3 Å². The van der Waals surface area contributed by atoms with Crippen molar-refractivity contribution < 1.29 is 9.47 Å². The van der Waals surface area contributed by atoms with Gasteiger partial charge in [-0.05, 0) is 68.8 Å². The Kier molecular flexibility index (Phi) is 8.97. The average Bonchev–Trinajstić information content (AvgIpc) is 3.22. The number of hydrogen-bond acceptors (Lipinski definition) is 5. The van der Waals surface area contributed by atoms with Crippen molar-refractivity contribution in [2.24, 2.45) is 5.10 Å². The number of thiocarbonyl (C=S) groups is 1. The zero-order valence-corrected chi connectivity index (χ0v) is 17.7. The molecule has 2 rings (SSSR count). The van der Waals surface area contributed by atoms with Crippen LogP contribution in [0.3, 0.4) is 0 Å². The molecule has 0 radical (unpaired) electrons. The van der Waals surface area contributed by atoms with E-state index in [-0.39, 0.29) is 6.10 Å². The fourth-order valence-electron chi connectivity index (χ4n) is 3.07. The number of hydrazone groups is 1. The van der Waals surface area contributed by atoms with Gasteiger partial charge in [-0.2, -0.15) is 5.10 Å². The molecule has 1 saturated heterocycles. The second-order valence-corrected chi connectivity index (χ2v) is 7.05. The van der Waals surface area contributed by atoms with Crippen LogP contribution in [-0.2, 0) is 11.3 Å². The number of methoxy groups -OCH3 is 1. The van der Waals surface area contributed by atoms with Crippen molar-refractivity contribution in [3.8, 4) is 5.75 Å². The van der Waals surface area contributed by atoms with E-state index >= 15 is 0 Å². The number of rotatable bonds is 9. The lowest BCUT2D eigenvalue weighted by molar-refractivity contribution is 0.114. The summed E-state index contributed by atoms with van der Waals surface area (Å²) in [6, 6.07) is 6.16. The van der Waals surface area contributed by atoms with E-state index < -0.39 is 0 Å². The van der Waals surface area contributed by atoms with Crippen LogP contribution in [0.15, 0.2) is 23.3 Å². The molecule has 27 heavy (non-hydrogen) atoms. The molecule has 1 aromatic rings. The van der Waals surface area contributed by atoms with Crippen LogP contribution in [0.4, 0.5) is 0 Å². The van der Waals surface area contributed by atoms with Gasteiger partial charge in [0, 0.05) is 25.3 Å². The predicted molar refractivity (Wildman–Crippen MR) is 115 cm³/mol. The first-order chi connectivity index (χ1) is 13.1. The molecule has 0 aromatic heterocycles. The van der Waals surface area contributed by atoms with Crippen molar-refractivity contribution in [1.82, 2.24) is 15.6 Å². The number of benzene rings is 1. The molecule has 0 unspecified atom stereocenters. The topological polar surface area (TPSA) is 58.1 Å². The fourth-order valence-corrected chi connectivity index (χ4v) is 3.19. The fraction of sp³-hybridized carbons (Fsp3) is 0.600. The first-order valence-electron chi connectivity index (χ1n) is 9.66. The molecule has 0 saturated carbocycles. The molecule has 0 amide bonds. The van der Waals surface area contributed by atoms with E-state index in [0.717, 1.165) is 68.2 Å². The summed E-state index contributed by atoms with van der Waals surface area (Å²) in [5.41, 5.74) is 6.01. The van der Waals surface area contributed by atoms with E-state index in [1.165, 1.54) is 0 Å². The van der Waals surface area contributed by atoms with E-state index in [1.807, 2.05) is 19.1 Å². The number of nitrogens with zero attached hydrogens (tertiary/aromatic N) is 2. The summed E-state index contributed by atoms with van der Waals surface area (Å²) in [4.78, 5) is 2.36. The highest BCUT2D eigenvalue weighted by Crippen LogP contribution is 2.22. The molecule has 0 spiro atoms. The van der Waals surface area contributed by atoms with Crippen LogP contribution in [0.25, 0.3) is 0 Å². The molecule has 1 heterocycles. The van der Waals surface area contributed by atoms with E-state index in [9.17, 15) is 0 Å². The summed E-state index contributed by atoms with van der Waals surface area (Å²) in [7, 11) is 1.71. The Hall–Kier alpha value is -1.70. The van der Waals surface area contributed by atoms with Gasteiger partial charge < -0.3 is 14.8 Å². The lowest BCUT2D eigenvalue weighted by Crippen LogP contribution is -2.37. The molecule has 1 aromatic carbocycles. The third-order valence-electron chi connectivity index (χ3n) is 4.83. The summed E-state index contributed by atoms with van der Waals surface area (Å²) >= 11 is 5.30. The van der Waals surface area contributed by atoms with Crippen LogP contribution >= 0.6 is 12.2 Å². The Bertz CT molecular complexity index is 641. The van der Waals surface area contributed by atoms with Crippen molar-refractivity contribution in [3.63, 3.8) is 0 Å². The molecule has 0 bridgehead atoms. The molecule has 6 nitrogen and oxygen atoms in total. The Morgan fingerprint density at radius 3 is 2.78 bits per heavy atom. The molecule has 1 aliphatic heterocycles. The Morgan fingerprint density at radius 2 is 2.15 bits per heavy atom. The monoisotopic (exact) mass is 392 g/mol. The lowest BCUT2D eigenvalue weighted by Gasteiger charge is -2.20. The minimum absolute atomic E-state index is 0.249. The van der Waals surface area contributed by atoms with Gasteiger partial charge in [0.05, 0.1) is 18.9 Å². The molecular formula is C20H32N4O2S. The van der Waals surface area contributed by atoms with Gasteiger partial charge in [-0.1, -0.05) is 13.8 Å². The van der Waals surface area contributed by atoms with E-state index in [0.29, 0.717) is 5.11 Å². The first kappa shape index (κ1) is 21.6. The average molecular weight is 393 g/mol. The molecule has 7 heteroatoms. The molecular weight excluding hydrogens is 360 g/mol. The highest BCUT2D eigenvalue weighted by Gasteiger charge is 2.15. The smallest absolute Gasteiger partial charge is 0.187 e. The molecule has 1 atom stereocenters. The van der Waals surface area contributed by atoms with Gasteiger partial charge in [0.25, 0.3) is 0 Å². The lowest BCUT2D eigenvalue weighted by atomic mass is 10.1. The van der Waals surface area contributed by atoms with Crippen LogP contribution in [0, 0.1) is 0 Å². The van der Waals surface area contributed by atoms with Crippen molar-refractivity contribution in [2.75, 3.05) is 33.4 Å². The van der Waals surface area contributed by atoms with Gasteiger partial charge in [0.15, 0.2) is 5.11 Å². The first-order valence-corrected chi connectivity index (χ1v) is 10.1. The normalized spacial score (nSPS) is 17.2. The third-order valence-corrected chi connectivity index (χ3v) is 5.06. The van der Waals surface area contributed by atoms with Crippen molar-refractivity contribution >= 4 is 23.0 Å². The maximum absolute atomic E-state index is 5.58. The predicted octanol–water partition coefficient (Wildman–Crippen LogP) is 2.90. The minimum atomic E-state index is 0.249. The second kappa shape index (κ2) is 11.2. The van der Waals surface area contributed by atoms with Gasteiger partial charge in [-0.25, -0.2) is 0 Å². The van der Waals surface area contributed by atoms with Crippen LogP contribution in [0.2, 0.25) is 0 Å². The summed E-state index contributed by atoms with van der Waals surface area (Å²) in [6.07, 6.45) is 2.45. The molecule has 1 fully saturated rings. The van der Waals surface area contributed by atoms with Crippen molar-refractivity contribution in [1.29, 1.82) is 0 Å². The standard InChI is InChI=1S/C20H32N4O2S/c1-5-24(6-2)14-17-12-16(9-10-19(17)25-4)15(3)22-23-20(27)21-13-18-8-7-11-26-18/h9-10,12,18H,5-8,11,13-14H2,1-4H3,(H2,21,23,27)/b22-15-/t18-/m1/s1. The zero-order chi connectivity index (χ0) is 19.6. The number of nitrogens with one attached hydrogen (secondary N) is 2.